The molecular formula is C12H14N2. The molecule has 0 aliphatic rings. The minimum atomic E-state index is 0.986. The topological polar surface area (TPSA) is 24.9 Å². The Labute approximate surface area is 84.0 Å². The second kappa shape index (κ2) is 3.66. The minimum absolute atomic E-state index is 0.986. The van der Waals surface area contributed by atoms with Crippen LogP contribution < -0.4 is 5.32 Å². The van der Waals surface area contributed by atoms with Gasteiger partial charge in [0.1, 0.15) is 0 Å². The Morgan fingerprint density at radius 3 is 2.71 bits per heavy atom. The highest BCUT2D eigenvalue weighted by molar-refractivity contribution is 5.82. The lowest BCUT2D eigenvalue weighted by molar-refractivity contribution is 1.06. The van der Waals surface area contributed by atoms with Gasteiger partial charge in [-0.05, 0) is 24.6 Å². The fourth-order valence-corrected chi connectivity index (χ4v) is 1.51. The molecule has 0 unspecified atom stereocenters. The summed E-state index contributed by atoms with van der Waals surface area (Å²) in [6, 6.07) is 10.4. The van der Waals surface area contributed by atoms with Gasteiger partial charge in [-0.3, -0.25) is 4.98 Å². The first-order valence-corrected chi connectivity index (χ1v) is 4.91. The number of nitrogens with one attached hydrogen (secondary N) is 1. The number of hydrogen-bond acceptors (Lipinski definition) is 2. The zero-order chi connectivity index (χ0) is 9.97. The van der Waals surface area contributed by atoms with E-state index in [2.05, 4.69) is 47.6 Å². The largest absolute Gasteiger partial charge is 0.388 e. The van der Waals surface area contributed by atoms with Crippen molar-refractivity contribution in [1.82, 2.24) is 4.98 Å². The van der Waals surface area contributed by atoms with Crippen LogP contribution in [0.5, 0.6) is 0 Å². The minimum Gasteiger partial charge on any atom is -0.388 e. The number of nitrogens with zero attached hydrogens (tertiary/aromatic N) is 1. The molecule has 0 saturated carbocycles. The van der Waals surface area contributed by atoms with Crippen LogP contribution in [0.1, 0.15) is 12.6 Å². The Morgan fingerprint density at radius 1 is 1.21 bits per heavy atom. The number of aryl methyl sites for hydroxylation is 1. The molecule has 0 bridgehead atoms. The van der Waals surface area contributed by atoms with E-state index in [1.54, 1.807) is 0 Å². The highest BCUT2D eigenvalue weighted by Crippen LogP contribution is 2.17. The normalized spacial score (nSPS) is 10.4. The zero-order valence-corrected chi connectivity index (χ0v) is 8.54. The Morgan fingerprint density at radius 2 is 2.00 bits per heavy atom. The van der Waals surface area contributed by atoms with Crippen LogP contribution in [0.3, 0.4) is 0 Å². The fourth-order valence-electron chi connectivity index (χ4n) is 1.51. The van der Waals surface area contributed by atoms with Gasteiger partial charge in [0.15, 0.2) is 0 Å². The molecule has 0 aliphatic carbocycles. The van der Waals surface area contributed by atoms with Gasteiger partial charge >= 0.3 is 0 Å². The summed E-state index contributed by atoms with van der Waals surface area (Å²) in [5, 5.41) is 4.31. The molecule has 1 aromatic carbocycles. The smallest absolute Gasteiger partial charge is 0.0725 e. The number of fused-ring (bicyclic) bond motifs is 1. The summed E-state index contributed by atoms with van der Waals surface area (Å²) >= 11 is 0. The third kappa shape index (κ3) is 1.55. The Kier molecular flexibility index (Phi) is 2.35. The number of hydrogen-bond donors (Lipinski definition) is 1. The van der Waals surface area contributed by atoms with Crippen molar-refractivity contribution >= 4 is 16.6 Å². The van der Waals surface area contributed by atoms with Crippen molar-refractivity contribution in [2.45, 2.75) is 13.3 Å². The van der Waals surface area contributed by atoms with E-state index in [-0.39, 0.29) is 0 Å². The van der Waals surface area contributed by atoms with E-state index in [0.29, 0.717) is 0 Å². The molecule has 0 amide bonds. The van der Waals surface area contributed by atoms with E-state index in [1.807, 2.05) is 7.05 Å². The molecule has 0 atom stereocenters. The molecule has 1 aromatic heterocycles. The van der Waals surface area contributed by atoms with Crippen LogP contribution in [0.4, 0.5) is 5.69 Å². The van der Waals surface area contributed by atoms with E-state index >= 15 is 0 Å². The quantitative estimate of drug-likeness (QED) is 0.780. The summed E-state index contributed by atoms with van der Waals surface area (Å²) in [4.78, 5) is 4.56. The SMILES string of the molecule is CCc1ccc2ccc(NC)cc2n1. The molecule has 1 N–H and O–H groups in total. The van der Waals surface area contributed by atoms with Gasteiger partial charge in [0.25, 0.3) is 0 Å². The summed E-state index contributed by atoms with van der Waals surface area (Å²) < 4.78 is 0. The van der Waals surface area contributed by atoms with E-state index in [4.69, 9.17) is 0 Å². The predicted molar refractivity (Wildman–Crippen MR) is 60.7 cm³/mol. The van der Waals surface area contributed by atoms with Gasteiger partial charge in [0.05, 0.1) is 5.52 Å². The van der Waals surface area contributed by atoms with Crippen molar-refractivity contribution in [3.05, 3.63) is 36.0 Å². The summed E-state index contributed by atoms with van der Waals surface area (Å²) in [7, 11) is 1.92. The molecule has 2 rings (SSSR count). The molecule has 0 aliphatic heterocycles. The molecule has 2 nitrogen and oxygen atoms in total. The van der Waals surface area contributed by atoms with Crippen LogP contribution in [0.25, 0.3) is 10.9 Å². The average Bonchev–Trinajstić information content (AvgIpc) is 2.27. The van der Waals surface area contributed by atoms with Crippen LogP contribution in [0.15, 0.2) is 30.3 Å². The maximum absolute atomic E-state index is 4.56. The van der Waals surface area contributed by atoms with E-state index in [0.717, 1.165) is 23.3 Å². The van der Waals surface area contributed by atoms with E-state index in [9.17, 15) is 0 Å². The van der Waals surface area contributed by atoms with Crippen LogP contribution in [-0.2, 0) is 6.42 Å². The standard InChI is InChI=1S/C12H14N2/c1-3-10-6-4-9-5-7-11(13-2)8-12(9)14-10/h4-8,13H,3H2,1-2H3. The van der Waals surface area contributed by atoms with Gasteiger partial charge in [-0.2, -0.15) is 0 Å². The maximum Gasteiger partial charge on any atom is 0.0725 e. The van der Waals surface area contributed by atoms with E-state index < -0.39 is 0 Å². The van der Waals surface area contributed by atoms with Crippen molar-refractivity contribution < 1.29 is 0 Å². The van der Waals surface area contributed by atoms with Crippen molar-refractivity contribution in [3.63, 3.8) is 0 Å². The van der Waals surface area contributed by atoms with Crippen molar-refractivity contribution in [3.8, 4) is 0 Å². The predicted octanol–water partition coefficient (Wildman–Crippen LogP) is 2.84. The lowest BCUT2D eigenvalue weighted by Crippen LogP contribution is -1.90. The molecule has 14 heavy (non-hydrogen) atoms. The third-order valence-electron chi connectivity index (χ3n) is 2.40. The highest BCUT2D eigenvalue weighted by Gasteiger charge is 1.97. The summed E-state index contributed by atoms with van der Waals surface area (Å²) in [5.41, 5.74) is 3.32. The summed E-state index contributed by atoms with van der Waals surface area (Å²) in [6.07, 6.45) is 0.986. The van der Waals surface area contributed by atoms with Crippen LogP contribution in [-0.4, -0.2) is 12.0 Å². The van der Waals surface area contributed by atoms with Gasteiger partial charge in [-0.15, -0.1) is 0 Å². The second-order valence-electron chi connectivity index (χ2n) is 3.31. The molecule has 1 heterocycles. The maximum atomic E-state index is 4.56. The first-order chi connectivity index (χ1) is 6.83. The number of benzene rings is 1. The molecule has 2 heteroatoms. The lowest BCUT2D eigenvalue weighted by atomic mass is 10.1. The highest BCUT2D eigenvalue weighted by atomic mass is 14.8. The Bertz CT molecular complexity index is 410. The van der Waals surface area contributed by atoms with Crippen molar-refractivity contribution in [1.29, 1.82) is 0 Å². The molecule has 0 radical (unpaired) electrons. The van der Waals surface area contributed by atoms with Gasteiger partial charge in [0.2, 0.25) is 0 Å². The second-order valence-corrected chi connectivity index (χ2v) is 3.31. The van der Waals surface area contributed by atoms with Gasteiger partial charge in [-0.25, -0.2) is 0 Å². The Hall–Kier alpha value is -1.57. The average molecular weight is 186 g/mol. The van der Waals surface area contributed by atoms with Crippen molar-refractivity contribution in [2.24, 2.45) is 0 Å². The molecular weight excluding hydrogens is 172 g/mol. The molecule has 0 saturated heterocycles. The molecule has 72 valence electrons. The first-order valence-electron chi connectivity index (χ1n) is 4.91. The van der Waals surface area contributed by atoms with Crippen LogP contribution >= 0.6 is 0 Å². The number of aromatic nitrogens is 1. The van der Waals surface area contributed by atoms with Gasteiger partial charge in [-0.1, -0.05) is 19.1 Å². The molecule has 2 aromatic rings. The Balaban J connectivity index is 2.60. The molecule has 0 spiro atoms. The number of pyridine rings is 1. The van der Waals surface area contributed by atoms with Crippen LogP contribution in [0.2, 0.25) is 0 Å². The summed E-state index contributed by atoms with van der Waals surface area (Å²) in [5.74, 6) is 0. The number of rotatable bonds is 2. The third-order valence-corrected chi connectivity index (χ3v) is 2.40. The number of anilines is 1. The summed E-state index contributed by atoms with van der Waals surface area (Å²) in [6.45, 7) is 2.12. The van der Waals surface area contributed by atoms with Crippen molar-refractivity contribution in [2.75, 3.05) is 12.4 Å². The lowest BCUT2D eigenvalue weighted by Gasteiger charge is -2.03. The first kappa shape index (κ1) is 9.00. The van der Waals surface area contributed by atoms with Gasteiger partial charge < -0.3 is 5.32 Å². The molecule has 0 fully saturated rings. The van der Waals surface area contributed by atoms with Gasteiger partial charge in [0, 0.05) is 23.8 Å². The van der Waals surface area contributed by atoms with Crippen LogP contribution in [0, 0.1) is 0 Å². The monoisotopic (exact) mass is 186 g/mol. The zero-order valence-electron chi connectivity index (χ0n) is 8.54. The van der Waals surface area contributed by atoms with E-state index in [1.165, 1.54) is 5.39 Å². The fraction of sp³-hybridized carbons (Fsp3) is 0.250.